The molecule has 0 saturated carbocycles. The fraction of sp³-hybridized carbons (Fsp3) is 0. The Hall–Kier alpha value is -2.53. The van der Waals surface area contributed by atoms with Gasteiger partial charge in [0.15, 0.2) is 11.0 Å². The second-order valence-electron chi connectivity index (χ2n) is 5.09. The second-order valence-corrected chi connectivity index (χ2v) is 7.90. The molecule has 0 amide bonds. The Morgan fingerprint density at radius 2 is 1.52 bits per heavy atom. The average Bonchev–Trinajstić information content (AvgIpc) is 2.52. The zero-order valence-corrected chi connectivity index (χ0v) is 13.9. The lowest BCUT2D eigenvalue weighted by atomic mass is 10.1. The van der Waals surface area contributed by atoms with Crippen molar-refractivity contribution in [3.05, 3.63) is 58.8 Å². The summed E-state index contributed by atoms with van der Waals surface area (Å²) in [7, 11) is -9.12. The SMILES string of the molecule is O=c1cc(-c2cccc(S(=O)(=O)O)c2)oc2c(S(=O)(=O)O)cccc12. The van der Waals surface area contributed by atoms with Gasteiger partial charge in [0.1, 0.15) is 10.7 Å². The van der Waals surface area contributed by atoms with E-state index in [2.05, 4.69) is 0 Å². The van der Waals surface area contributed by atoms with Crippen LogP contribution < -0.4 is 5.43 Å². The van der Waals surface area contributed by atoms with Crippen LogP contribution in [0.5, 0.6) is 0 Å². The van der Waals surface area contributed by atoms with Gasteiger partial charge in [0, 0.05) is 11.6 Å². The molecule has 3 aromatic rings. The van der Waals surface area contributed by atoms with Crippen molar-refractivity contribution >= 4 is 31.2 Å². The summed E-state index contributed by atoms with van der Waals surface area (Å²) >= 11 is 0. The summed E-state index contributed by atoms with van der Waals surface area (Å²) in [6.45, 7) is 0. The van der Waals surface area contributed by atoms with Crippen molar-refractivity contribution in [1.82, 2.24) is 0 Å². The maximum Gasteiger partial charge on any atom is 0.298 e. The monoisotopic (exact) mass is 382 g/mol. The minimum Gasteiger partial charge on any atom is -0.454 e. The van der Waals surface area contributed by atoms with Crippen LogP contribution >= 0.6 is 0 Å². The molecule has 8 nitrogen and oxygen atoms in total. The van der Waals surface area contributed by atoms with Crippen LogP contribution in [0.15, 0.2) is 67.5 Å². The van der Waals surface area contributed by atoms with Gasteiger partial charge in [0.25, 0.3) is 20.2 Å². The van der Waals surface area contributed by atoms with Gasteiger partial charge in [-0.25, -0.2) is 0 Å². The van der Waals surface area contributed by atoms with Crippen molar-refractivity contribution in [2.45, 2.75) is 9.79 Å². The quantitative estimate of drug-likeness (QED) is 0.655. The first-order valence-electron chi connectivity index (χ1n) is 6.70. The summed E-state index contributed by atoms with van der Waals surface area (Å²) in [6.07, 6.45) is 0. The maximum atomic E-state index is 12.2. The van der Waals surface area contributed by atoms with Crippen LogP contribution in [-0.2, 0) is 20.2 Å². The summed E-state index contributed by atoms with van der Waals surface area (Å²) in [5.41, 5.74) is -0.817. The molecule has 1 heterocycles. The van der Waals surface area contributed by atoms with Gasteiger partial charge < -0.3 is 4.42 Å². The van der Waals surface area contributed by atoms with E-state index in [-0.39, 0.29) is 22.3 Å². The number of hydrogen-bond donors (Lipinski definition) is 2. The van der Waals surface area contributed by atoms with E-state index in [9.17, 15) is 26.2 Å². The Morgan fingerprint density at radius 3 is 2.16 bits per heavy atom. The highest BCUT2D eigenvalue weighted by Gasteiger charge is 2.19. The van der Waals surface area contributed by atoms with Crippen LogP contribution in [0.2, 0.25) is 0 Å². The Labute approximate surface area is 141 Å². The molecule has 25 heavy (non-hydrogen) atoms. The molecule has 0 aliphatic carbocycles. The minimum atomic E-state index is -4.65. The lowest BCUT2D eigenvalue weighted by molar-refractivity contribution is 0.480. The normalized spacial score (nSPS) is 12.4. The van der Waals surface area contributed by atoms with E-state index in [4.69, 9.17) is 8.97 Å². The number of para-hydroxylation sites is 1. The van der Waals surface area contributed by atoms with Crippen LogP contribution in [0.25, 0.3) is 22.3 Å². The smallest absolute Gasteiger partial charge is 0.298 e. The van der Waals surface area contributed by atoms with E-state index >= 15 is 0 Å². The number of rotatable bonds is 3. The lowest BCUT2D eigenvalue weighted by Gasteiger charge is -2.07. The Bertz CT molecular complexity index is 1250. The van der Waals surface area contributed by atoms with Crippen molar-refractivity contribution < 1.29 is 30.4 Å². The number of hydrogen-bond acceptors (Lipinski definition) is 6. The van der Waals surface area contributed by atoms with E-state index < -0.39 is 35.5 Å². The average molecular weight is 382 g/mol. The molecule has 0 fully saturated rings. The van der Waals surface area contributed by atoms with Crippen molar-refractivity contribution in [2.75, 3.05) is 0 Å². The fourth-order valence-corrected chi connectivity index (χ4v) is 3.47. The van der Waals surface area contributed by atoms with E-state index in [1.807, 2.05) is 0 Å². The first-order chi connectivity index (χ1) is 11.6. The second kappa shape index (κ2) is 5.77. The summed E-state index contributed by atoms with van der Waals surface area (Å²) in [4.78, 5) is 11.2. The molecular formula is C15H10O8S2. The molecule has 0 saturated heterocycles. The van der Waals surface area contributed by atoms with Crippen LogP contribution in [0.4, 0.5) is 0 Å². The maximum absolute atomic E-state index is 12.2. The standard InChI is InChI=1S/C15H10O8S2/c16-12-8-13(9-3-1-4-10(7-9)24(17,18)19)23-15-11(12)5-2-6-14(15)25(20,21)22/h1-8H,(H,17,18,19)(H,20,21,22). The number of benzene rings is 2. The fourth-order valence-electron chi connectivity index (χ4n) is 2.31. The summed E-state index contributed by atoms with van der Waals surface area (Å²) in [6, 6.07) is 9.66. The van der Waals surface area contributed by atoms with Crippen LogP contribution in [0.3, 0.4) is 0 Å². The van der Waals surface area contributed by atoms with Gasteiger partial charge >= 0.3 is 0 Å². The number of fused-ring (bicyclic) bond motifs is 1. The molecule has 130 valence electrons. The largest absolute Gasteiger partial charge is 0.454 e. The van der Waals surface area contributed by atoms with E-state index in [0.29, 0.717) is 0 Å². The molecule has 0 radical (unpaired) electrons. The van der Waals surface area contributed by atoms with Gasteiger partial charge in [-0.15, -0.1) is 0 Å². The topological polar surface area (TPSA) is 139 Å². The van der Waals surface area contributed by atoms with Crippen molar-refractivity contribution in [1.29, 1.82) is 0 Å². The van der Waals surface area contributed by atoms with E-state index in [0.717, 1.165) is 24.3 Å². The molecule has 2 N–H and O–H groups in total. The van der Waals surface area contributed by atoms with Crippen LogP contribution in [0, 0.1) is 0 Å². The predicted octanol–water partition coefficient (Wildman–Crippen LogP) is 1.95. The zero-order valence-electron chi connectivity index (χ0n) is 12.3. The molecule has 0 bridgehead atoms. The Kier molecular flexibility index (Phi) is 4.00. The summed E-state index contributed by atoms with van der Waals surface area (Å²) in [5.74, 6) is -0.126. The summed E-state index contributed by atoms with van der Waals surface area (Å²) < 4.78 is 69.2. The third kappa shape index (κ3) is 3.33. The highest BCUT2D eigenvalue weighted by molar-refractivity contribution is 7.86. The summed E-state index contributed by atoms with van der Waals surface area (Å²) in [5, 5.41) is -0.0650. The van der Waals surface area contributed by atoms with Crippen molar-refractivity contribution in [3.63, 3.8) is 0 Å². The van der Waals surface area contributed by atoms with Gasteiger partial charge in [0.05, 0.1) is 10.3 Å². The minimum absolute atomic E-state index is 0.0650. The van der Waals surface area contributed by atoms with Crippen LogP contribution in [-0.4, -0.2) is 25.9 Å². The van der Waals surface area contributed by atoms with Gasteiger partial charge in [-0.2, -0.15) is 16.8 Å². The first kappa shape index (κ1) is 17.3. The predicted molar refractivity (Wildman–Crippen MR) is 87.5 cm³/mol. The highest BCUT2D eigenvalue weighted by atomic mass is 32.2. The Balaban J connectivity index is 2.35. The molecule has 2 aromatic carbocycles. The van der Waals surface area contributed by atoms with Crippen LogP contribution in [0.1, 0.15) is 0 Å². The third-order valence-corrected chi connectivity index (χ3v) is 5.14. The molecule has 0 aliphatic heterocycles. The molecule has 0 unspecified atom stereocenters. The van der Waals surface area contributed by atoms with Crippen molar-refractivity contribution in [2.24, 2.45) is 0 Å². The highest BCUT2D eigenvalue weighted by Crippen LogP contribution is 2.27. The van der Waals surface area contributed by atoms with Gasteiger partial charge in [-0.3, -0.25) is 13.9 Å². The first-order valence-corrected chi connectivity index (χ1v) is 9.58. The molecule has 0 aliphatic rings. The van der Waals surface area contributed by atoms with Gasteiger partial charge in [0.2, 0.25) is 0 Å². The molecule has 1 aromatic heterocycles. The van der Waals surface area contributed by atoms with Gasteiger partial charge in [-0.1, -0.05) is 18.2 Å². The molecular weight excluding hydrogens is 372 g/mol. The third-order valence-electron chi connectivity index (χ3n) is 3.41. The molecule has 0 atom stereocenters. The lowest BCUT2D eigenvalue weighted by Crippen LogP contribution is -2.05. The van der Waals surface area contributed by atoms with E-state index in [1.165, 1.54) is 24.3 Å². The molecule has 3 rings (SSSR count). The van der Waals surface area contributed by atoms with Gasteiger partial charge in [-0.05, 0) is 24.3 Å². The zero-order chi connectivity index (χ0) is 18.4. The molecule has 10 heteroatoms. The Morgan fingerprint density at radius 1 is 0.840 bits per heavy atom. The molecule has 0 spiro atoms. The van der Waals surface area contributed by atoms with E-state index in [1.54, 1.807) is 0 Å². The van der Waals surface area contributed by atoms with Crippen molar-refractivity contribution in [3.8, 4) is 11.3 Å².